The standard InChI is InChI=1S/C26H23F2N3O3/c1-15(29-23(32)13-16-11-17(27)14-18(28)12-16)25(33)30-24-21-9-4-3-7-19(21)20-8-5-6-10-22(20)31(2)26(24)34/h3-12,14-15,24H,13H2,1-2H3,(H,29,32)(H,30,33)/t15-,24+/m1/s1. The SMILES string of the molecule is C[C@@H](NC(=O)Cc1cc(F)cc(F)c1)C(=O)N[C@@H]1C(=O)N(C)c2ccccc2-c2ccccc21. The van der Waals surface area contributed by atoms with E-state index in [1.807, 2.05) is 36.4 Å². The van der Waals surface area contributed by atoms with Gasteiger partial charge in [-0.15, -0.1) is 0 Å². The van der Waals surface area contributed by atoms with Crippen LogP contribution in [0.15, 0.2) is 66.7 Å². The molecule has 3 aromatic carbocycles. The lowest BCUT2D eigenvalue weighted by atomic mass is 9.95. The van der Waals surface area contributed by atoms with E-state index < -0.39 is 35.5 Å². The molecule has 4 rings (SSSR count). The molecule has 2 atom stereocenters. The molecule has 1 aliphatic heterocycles. The van der Waals surface area contributed by atoms with Crippen molar-refractivity contribution in [3.8, 4) is 11.1 Å². The first-order valence-electron chi connectivity index (χ1n) is 10.7. The van der Waals surface area contributed by atoms with E-state index in [0.29, 0.717) is 11.6 Å². The van der Waals surface area contributed by atoms with Crippen molar-refractivity contribution in [3.05, 3.63) is 89.5 Å². The molecule has 6 nitrogen and oxygen atoms in total. The van der Waals surface area contributed by atoms with Crippen LogP contribution in [0.3, 0.4) is 0 Å². The Morgan fingerprint density at radius 2 is 1.59 bits per heavy atom. The van der Waals surface area contributed by atoms with Crippen LogP contribution >= 0.6 is 0 Å². The Kier molecular flexibility index (Phi) is 6.40. The maximum absolute atomic E-state index is 13.4. The Labute approximate surface area is 195 Å². The number of rotatable bonds is 5. The third-order valence-corrected chi connectivity index (χ3v) is 5.75. The van der Waals surface area contributed by atoms with Crippen molar-refractivity contribution in [2.24, 2.45) is 0 Å². The van der Waals surface area contributed by atoms with Gasteiger partial charge in [-0.1, -0.05) is 42.5 Å². The molecule has 0 saturated carbocycles. The number of amides is 3. The number of carbonyl (C=O) groups excluding carboxylic acids is 3. The topological polar surface area (TPSA) is 78.5 Å². The normalized spacial score (nSPS) is 15.6. The molecule has 8 heteroatoms. The largest absolute Gasteiger partial charge is 0.344 e. The summed E-state index contributed by atoms with van der Waals surface area (Å²) in [4.78, 5) is 40.1. The Bertz CT molecular complexity index is 1260. The van der Waals surface area contributed by atoms with Crippen LogP contribution in [0.1, 0.15) is 24.1 Å². The number of benzene rings is 3. The number of para-hydroxylation sites is 1. The van der Waals surface area contributed by atoms with Crippen LogP contribution in [0, 0.1) is 11.6 Å². The van der Waals surface area contributed by atoms with Gasteiger partial charge in [-0.25, -0.2) is 8.78 Å². The first kappa shape index (κ1) is 23.1. The van der Waals surface area contributed by atoms with E-state index >= 15 is 0 Å². The summed E-state index contributed by atoms with van der Waals surface area (Å²) in [5.74, 6) is -3.04. The molecule has 3 aromatic rings. The summed E-state index contributed by atoms with van der Waals surface area (Å²) in [7, 11) is 1.65. The van der Waals surface area contributed by atoms with E-state index in [4.69, 9.17) is 0 Å². The third kappa shape index (κ3) is 4.66. The molecule has 0 saturated heterocycles. The van der Waals surface area contributed by atoms with Crippen molar-refractivity contribution in [2.45, 2.75) is 25.4 Å². The molecular formula is C26H23F2N3O3. The summed E-state index contributed by atoms with van der Waals surface area (Å²) in [6, 6.07) is 15.7. The number of hydrogen-bond donors (Lipinski definition) is 2. The molecule has 1 heterocycles. The number of nitrogens with one attached hydrogen (secondary N) is 2. The molecule has 1 aliphatic rings. The number of likely N-dealkylation sites (N-methyl/N-ethyl adjacent to an activating group) is 1. The second kappa shape index (κ2) is 9.43. The zero-order valence-electron chi connectivity index (χ0n) is 18.6. The van der Waals surface area contributed by atoms with Gasteiger partial charge in [0.25, 0.3) is 5.91 Å². The van der Waals surface area contributed by atoms with Gasteiger partial charge in [0.2, 0.25) is 11.8 Å². The zero-order chi connectivity index (χ0) is 24.4. The minimum absolute atomic E-state index is 0.148. The molecule has 0 aromatic heterocycles. The monoisotopic (exact) mass is 463 g/mol. The highest BCUT2D eigenvalue weighted by molar-refractivity contribution is 6.06. The highest BCUT2D eigenvalue weighted by Crippen LogP contribution is 2.39. The Balaban J connectivity index is 1.52. The average molecular weight is 463 g/mol. The van der Waals surface area contributed by atoms with E-state index in [-0.39, 0.29) is 17.9 Å². The lowest BCUT2D eigenvalue weighted by Crippen LogP contribution is -2.49. The molecule has 3 amide bonds. The number of fused-ring (bicyclic) bond motifs is 3. The first-order chi connectivity index (χ1) is 16.2. The van der Waals surface area contributed by atoms with E-state index in [1.165, 1.54) is 11.8 Å². The summed E-state index contributed by atoms with van der Waals surface area (Å²) >= 11 is 0. The molecule has 0 radical (unpaired) electrons. The fourth-order valence-electron chi connectivity index (χ4n) is 4.10. The highest BCUT2D eigenvalue weighted by atomic mass is 19.1. The van der Waals surface area contributed by atoms with Crippen molar-refractivity contribution in [1.82, 2.24) is 10.6 Å². The third-order valence-electron chi connectivity index (χ3n) is 5.75. The second-order valence-electron chi connectivity index (χ2n) is 8.19. The zero-order valence-corrected chi connectivity index (χ0v) is 18.6. The number of carbonyl (C=O) groups is 3. The Morgan fingerprint density at radius 3 is 2.29 bits per heavy atom. The summed E-state index contributed by atoms with van der Waals surface area (Å²) in [5, 5.41) is 5.27. The van der Waals surface area contributed by atoms with E-state index in [0.717, 1.165) is 28.9 Å². The van der Waals surface area contributed by atoms with E-state index in [1.54, 1.807) is 19.2 Å². The van der Waals surface area contributed by atoms with Gasteiger partial charge in [-0.05, 0) is 41.8 Å². The van der Waals surface area contributed by atoms with Crippen LogP contribution in [0.25, 0.3) is 11.1 Å². The fourth-order valence-corrected chi connectivity index (χ4v) is 4.10. The van der Waals surface area contributed by atoms with Gasteiger partial charge in [-0.3, -0.25) is 14.4 Å². The van der Waals surface area contributed by atoms with Crippen LogP contribution < -0.4 is 15.5 Å². The number of hydrogen-bond acceptors (Lipinski definition) is 3. The Morgan fingerprint density at radius 1 is 0.971 bits per heavy atom. The van der Waals surface area contributed by atoms with Crippen LogP contribution in [0.5, 0.6) is 0 Å². The lowest BCUT2D eigenvalue weighted by molar-refractivity contribution is -0.130. The van der Waals surface area contributed by atoms with Crippen molar-refractivity contribution < 1.29 is 23.2 Å². The van der Waals surface area contributed by atoms with Gasteiger partial charge in [0.05, 0.1) is 12.1 Å². The maximum Gasteiger partial charge on any atom is 0.253 e. The first-order valence-corrected chi connectivity index (χ1v) is 10.7. The molecule has 0 fully saturated rings. The van der Waals surface area contributed by atoms with Crippen molar-refractivity contribution in [3.63, 3.8) is 0 Å². The molecule has 174 valence electrons. The van der Waals surface area contributed by atoms with Gasteiger partial charge >= 0.3 is 0 Å². The molecule has 0 spiro atoms. The summed E-state index contributed by atoms with van der Waals surface area (Å²) in [6.07, 6.45) is -0.296. The molecular weight excluding hydrogens is 440 g/mol. The average Bonchev–Trinajstić information content (AvgIpc) is 2.88. The lowest BCUT2D eigenvalue weighted by Gasteiger charge is -2.24. The highest BCUT2D eigenvalue weighted by Gasteiger charge is 2.34. The smallest absolute Gasteiger partial charge is 0.253 e. The van der Waals surface area contributed by atoms with Crippen molar-refractivity contribution in [2.75, 3.05) is 11.9 Å². The summed E-state index contributed by atoms with van der Waals surface area (Å²) in [5.41, 5.74) is 3.21. The number of nitrogens with zero attached hydrogens (tertiary/aromatic N) is 1. The van der Waals surface area contributed by atoms with E-state index in [9.17, 15) is 23.2 Å². The van der Waals surface area contributed by atoms with Crippen LogP contribution in [0.4, 0.5) is 14.5 Å². The summed E-state index contributed by atoms with van der Waals surface area (Å²) < 4.78 is 26.8. The van der Waals surface area contributed by atoms with Gasteiger partial charge in [-0.2, -0.15) is 0 Å². The number of anilines is 1. The minimum atomic E-state index is -0.984. The van der Waals surface area contributed by atoms with Crippen LogP contribution in [0.2, 0.25) is 0 Å². The summed E-state index contributed by atoms with van der Waals surface area (Å²) in [6.45, 7) is 1.48. The van der Waals surface area contributed by atoms with Crippen molar-refractivity contribution >= 4 is 23.4 Å². The Hall–Kier alpha value is -4.07. The van der Waals surface area contributed by atoms with Crippen LogP contribution in [-0.4, -0.2) is 30.8 Å². The molecule has 0 bridgehead atoms. The molecule has 2 N–H and O–H groups in total. The molecule has 0 aliphatic carbocycles. The van der Waals surface area contributed by atoms with Gasteiger partial charge in [0.15, 0.2) is 0 Å². The maximum atomic E-state index is 13.4. The van der Waals surface area contributed by atoms with Crippen molar-refractivity contribution in [1.29, 1.82) is 0 Å². The fraction of sp³-hybridized carbons (Fsp3) is 0.192. The number of halogens is 2. The van der Waals surface area contributed by atoms with E-state index in [2.05, 4.69) is 10.6 Å². The molecule has 34 heavy (non-hydrogen) atoms. The predicted octanol–water partition coefficient (Wildman–Crippen LogP) is 3.51. The van der Waals surface area contributed by atoms with Gasteiger partial charge in [0, 0.05) is 18.7 Å². The minimum Gasteiger partial charge on any atom is -0.344 e. The predicted molar refractivity (Wildman–Crippen MR) is 124 cm³/mol. The quantitative estimate of drug-likeness (QED) is 0.608. The van der Waals surface area contributed by atoms with Gasteiger partial charge in [0.1, 0.15) is 23.7 Å². The van der Waals surface area contributed by atoms with Crippen LogP contribution in [-0.2, 0) is 20.8 Å². The second-order valence-corrected chi connectivity index (χ2v) is 8.19. The van der Waals surface area contributed by atoms with Gasteiger partial charge < -0.3 is 15.5 Å². The molecule has 0 unspecified atom stereocenters.